The van der Waals surface area contributed by atoms with Crippen molar-refractivity contribution in [2.24, 2.45) is 17.4 Å². The minimum Gasteiger partial charge on any atom is -0.480 e. The molecule has 12 nitrogen and oxygen atoms in total. The second-order valence-electron chi connectivity index (χ2n) is 6.46. The normalized spacial score (nSPS) is 16.0. The van der Waals surface area contributed by atoms with Gasteiger partial charge in [0.1, 0.15) is 24.2 Å². The molecule has 0 spiro atoms. The number of carbonyl (C=O) groups is 5. The topological polar surface area (TPSA) is 214 Å². The number of nitrogens with two attached hydrogens (primary N) is 2. The minimum atomic E-state index is -1.43. The Kier molecular flexibility index (Phi) is 10.7. The third kappa shape index (κ3) is 8.31. The minimum absolute atomic E-state index is 0.399. The van der Waals surface area contributed by atoms with Crippen molar-refractivity contribution in [2.75, 3.05) is 6.61 Å². The molecule has 0 heterocycles. The van der Waals surface area contributed by atoms with Crippen molar-refractivity contribution < 1.29 is 34.2 Å². The molecular weight excluding hydrogens is 374 g/mol. The Morgan fingerprint density at radius 2 is 1.54 bits per heavy atom. The van der Waals surface area contributed by atoms with Crippen LogP contribution in [0.5, 0.6) is 0 Å². The van der Waals surface area contributed by atoms with Crippen LogP contribution in [0.2, 0.25) is 0 Å². The van der Waals surface area contributed by atoms with Crippen molar-refractivity contribution in [3.63, 3.8) is 0 Å². The SMILES string of the molecule is CCC(C)C(NC(=O)C(CC(N)=O)NC(=O)C(C)NC(=O)C(N)CO)C(=O)O. The molecule has 0 saturated carbocycles. The van der Waals surface area contributed by atoms with E-state index in [1.807, 2.05) is 0 Å². The molecule has 0 aliphatic rings. The van der Waals surface area contributed by atoms with E-state index in [0.717, 1.165) is 0 Å². The molecule has 0 aromatic rings. The zero-order valence-corrected chi connectivity index (χ0v) is 16.1. The number of aliphatic carboxylic acids is 1. The van der Waals surface area contributed by atoms with Crippen LogP contribution in [0.4, 0.5) is 0 Å². The molecule has 0 aromatic carbocycles. The number of aliphatic hydroxyl groups is 1. The maximum Gasteiger partial charge on any atom is 0.326 e. The van der Waals surface area contributed by atoms with Crippen molar-refractivity contribution in [2.45, 2.75) is 57.8 Å². The Morgan fingerprint density at radius 3 is 1.96 bits per heavy atom. The van der Waals surface area contributed by atoms with Crippen LogP contribution in [0.3, 0.4) is 0 Å². The molecular formula is C16H29N5O7. The first-order valence-electron chi connectivity index (χ1n) is 8.73. The molecule has 0 aromatic heterocycles. The Morgan fingerprint density at radius 1 is 0.964 bits per heavy atom. The lowest BCUT2D eigenvalue weighted by atomic mass is 9.98. The third-order valence-corrected chi connectivity index (χ3v) is 4.10. The molecule has 0 saturated heterocycles. The molecule has 5 atom stereocenters. The number of amides is 4. The first-order valence-corrected chi connectivity index (χ1v) is 8.73. The summed E-state index contributed by atoms with van der Waals surface area (Å²) < 4.78 is 0. The number of primary amides is 1. The number of carboxylic acid groups (broad SMARTS) is 1. The van der Waals surface area contributed by atoms with Gasteiger partial charge in [0.25, 0.3) is 0 Å². The highest BCUT2D eigenvalue weighted by molar-refractivity contribution is 5.95. The second-order valence-corrected chi connectivity index (χ2v) is 6.46. The molecule has 0 aliphatic heterocycles. The molecule has 160 valence electrons. The summed E-state index contributed by atoms with van der Waals surface area (Å²) in [6, 6.07) is -5.02. The summed E-state index contributed by atoms with van der Waals surface area (Å²) in [5.41, 5.74) is 10.4. The number of carbonyl (C=O) groups excluding carboxylic acids is 4. The van der Waals surface area contributed by atoms with Crippen molar-refractivity contribution in [1.29, 1.82) is 0 Å². The molecule has 4 amide bonds. The average molecular weight is 403 g/mol. The first kappa shape index (κ1) is 25.3. The van der Waals surface area contributed by atoms with Crippen LogP contribution in [-0.4, -0.2) is 70.6 Å². The molecule has 0 radical (unpaired) electrons. The van der Waals surface area contributed by atoms with Gasteiger partial charge in [-0.05, 0) is 12.8 Å². The standard InChI is InChI=1S/C16H29N5O7/c1-4-7(2)12(16(27)28)21-15(26)10(5-11(18)23)20-13(24)8(3)19-14(25)9(17)6-22/h7-10,12,22H,4-6,17H2,1-3H3,(H2,18,23)(H,19,25)(H,20,24)(H,21,26)(H,27,28). The maximum absolute atomic E-state index is 12.4. The number of hydrogen-bond donors (Lipinski definition) is 7. The lowest BCUT2D eigenvalue weighted by Gasteiger charge is -2.25. The fraction of sp³-hybridized carbons (Fsp3) is 0.688. The van der Waals surface area contributed by atoms with E-state index in [9.17, 15) is 29.1 Å². The number of carboxylic acids is 1. The highest BCUT2D eigenvalue weighted by atomic mass is 16.4. The van der Waals surface area contributed by atoms with Crippen molar-refractivity contribution in [1.82, 2.24) is 16.0 Å². The van der Waals surface area contributed by atoms with E-state index in [1.165, 1.54) is 6.92 Å². The van der Waals surface area contributed by atoms with Crippen LogP contribution >= 0.6 is 0 Å². The maximum atomic E-state index is 12.4. The number of rotatable bonds is 12. The van der Waals surface area contributed by atoms with E-state index in [1.54, 1.807) is 13.8 Å². The Balaban J connectivity index is 5.17. The fourth-order valence-corrected chi connectivity index (χ4v) is 2.11. The van der Waals surface area contributed by atoms with Crippen LogP contribution in [0.25, 0.3) is 0 Å². The Labute approximate surface area is 162 Å². The van der Waals surface area contributed by atoms with Crippen molar-refractivity contribution >= 4 is 29.6 Å². The summed E-state index contributed by atoms with van der Waals surface area (Å²) in [6.07, 6.45) is -0.0977. The third-order valence-electron chi connectivity index (χ3n) is 4.10. The van der Waals surface area contributed by atoms with E-state index in [4.69, 9.17) is 16.6 Å². The molecule has 12 heteroatoms. The number of aliphatic hydroxyl groups excluding tert-OH is 1. The monoisotopic (exact) mass is 403 g/mol. The zero-order chi connectivity index (χ0) is 22.0. The summed E-state index contributed by atoms with van der Waals surface area (Å²) in [5.74, 6) is -5.06. The summed E-state index contributed by atoms with van der Waals surface area (Å²) in [6.45, 7) is 4.05. The van der Waals surface area contributed by atoms with Gasteiger partial charge in [0.15, 0.2) is 0 Å². The zero-order valence-electron chi connectivity index (χ0n) is 16.1. The van der Waals surface area contributed by atoms with Crippen LogP contribution in [0, 0.1) is 5.92 Å². The van der Waals surface area contributed by atoms with E-state index in [2.05, 4.69) is 16.0 Å². The van der Waals surface area contributed by atoms with E-state index < -0.39 is 72.7 Å². The fourth-order valence-electron chi connectivity index (χ4n) is 2.11. The van der Waals surface area contributed by atoms with Gasteiger partial charge in [-0.25, -0.2) is 4.79 Å². The second kappa shape index (κ2) is 11.9. The van der Waals surface area contributed by atoms with Crippen LogP contribution in [0.1, 0.15) is 33.6 Å². The molecule has 5 unspecified atom stereocenters. The van der Waals surface area contributed by atoms with Crippen LogP contribution in [0.15, 0.2) is 0 Å². The lowest BCUT2D eigenvalue weighted by Crippen LogP contribution is -2.58. The van der Waals surface area contributed by atoms with E-state index in [0.29, 0.717) is 6.42 Å². The van der Waals surface area contributed by atoms with Crippen molar-refractivity contribution in [3.05, 3.63) is 0 Å². The van der Waals surface area contributed by atoms with Gasteiger partial charge in [-0.2, -0.15) is 0 Å². The smallest absolute Gasteiger partial charge is 0.326 e. The van der Waals surface area contributed by atoms with Crippen molar-refractivity contribution in [3.8, 4) is 0 Å². The van der Waals surface area contributed by atoms with E-state index >= 15 is 0 Å². The molecule has 0 bridgehead atoms. The van der Waals surface area contributed by atoms with Gasteiger partial charge in [-0.15, -0.1) is 0 Å². The molecule has 0 rings (SSSR count). The highest BCUT2D eigenvalue weighted by Crippen LogP contribution is 2.08. The Bertz CT molecular complexity index is 598. The summed E-state index contributed by atoms with van der Waals surface area (Å²) in [7, 11) is 0. The Hall–Kier alpha value is -2.73. The molecule has 0 aliphatic carbocycles. The lowest BCUT2D eigenvalue weighted by molar-refractivity contribution is -0.144. The largest absolute Gasteiger partial charge is 0.480 e. The number of hydrogen-bond acceptors (Lipinski definition) is 7. The van der Waals surface area contributed by atoms with Gasteiger partial charge in [-0.3, -0.25) is 19.2 Å². The van der Waals surface area contributed by atoms with Gasteiger partial charge in [0, 0.05) is 0 Å². The van der Waals surface area contributed by atoms with E-state index in [-0.39, 0.29) is 0 Å². The van der Waals surface area contributed by atoms with Crippen LogP contribution in [-0.2, 0) is 24.0 Å². The van der Waals surface area contributed by atoms with Gasteiger partial charge in [0.2, 0.25) is 23.6 Å². The summed E-state index contributed by atoms with van der Waals surface area (Å²) in [4.78, 5) is 58.8. The predicted octanol–water partition coefficient (Wildman–Crippen LogP) is -3.21. The average Bonchev–Trinajstić information content (AvgIpc) is 2.62. The van der Waals surface area contributed by atoms with Crippen LogP contribution < -0.4 is 27.4 Å². The molecule has 0 fully saturated rings. The van der Waals surface area contributed by atoms with Gasteiger partial charge in [0.05, 0.1) is 13.0 Å². The summed E-state index contributed by atoms with van der Waals surface area (Å²) in [5, 5.41) is 24.9. The van der Waals surface area contributed by atoms with Gasteiger partial charge in [-0.1, -0.05) is 20.3 Å². The number of nitrogens with one attached hydrogen (secondary N) is 3. The quantitative estimate of drug-likeness (QED) is 0.175. The van der Waals surface area contributed by atoms with Gasteiger partial charge >= 0.3 is 5.97 Å². The molecule has 28 heavy (non-hydrogen) atoms. The first-order chi connectivity index (χ1) is 12.9. The van der Waals surface area contributed by atoms with Gasteiger partial charge < -0.3 is 37.6 Å². The molecule has 9 N–H and O–H groups in total. The summed E-state index contributed by atoms with van der Waals surface area (Å²) >= 11 is 0. The highest BCUT2D eigenvalue weighted by Gasteiger charge is 2.31. The predicted molar refractivity (Wildman–Crippen MR) is 97.4 cm³/mol.